The smallest absolute Gasteiger partial charge is 0.410 e. The molecule has 9 nitrogen and oxygen atoms in total. The molecular formula is C35H32F2N6O3. The van der Waals surface area contributed by atoms with Gasteiger partial charge in [-0.1, -0.05) is 24.3 Å². The number of pyridine rings is 1. The Morgan fingerprint density at radius 3 is 2.61 bits per heavy atom. The molecule has 0 bridgehead atoms. The number of hydrogen-bond donors (Lipinski definition) is 2. The summed E-state index contributed by atoms with van der Waals surface area (Å²) >= 11 is 0. The Morgan fingerprint density at radius 1 is 1.02 bits per heavy atom. The van der Waals surface area contributed by atoms with Gasteiger partial charge in [-0.25, -0.2) is 18.6 Å². The Labute approximate surface area is 262 Å². The van der Waals surface area contributed by atoms with Crippen LogP contribution in [0.1, 0.15) is 52.9 Å². The van der Waals surface area contributed by atoms with E-state index in [1.807, 2.05) is 49.4 Å². The first-order valence-electron chi connectivity index (χ1n) is 15.3. The summed E-state index contributed by atoms with van der Waals surface area (Å²) in [5.41, 5.74) is 4.69. The normalized spacial score (nSPS) is 14.6. The first-order chi connectivity index (χ1) is 22.3. The molecule has 1 atom stereocenters. The highest BCUT2D eigenvalue weighted by atomic mass is 19.1. The van der Waals surface area contributed by atoms with Crippen molar-refractivity contribution in [1.29, 1.82) is 0 Å². The Bertz CT molecular complexity index is 2090. The summed E-state index contributed by atoms with van der Waals surface area (Å²) in [6.07, 6.45) is 5.34. The first-order valence-corrected chi connectivity index (χ1v) is 15.3. The summed E-state index contributed by atoms with van der Waals surface area (Å²) in [6.45, 7) is 2.98. The fraction of sp³-hybridized carbons (Fsp3) is 0.257. The van der Waals surface area contributed by atoms with Crippen molar-refractivity contribution in [2.75, 3.05) is 13.1 Å². The first kappa shape index (κ1) is 29.4. The number of nitrogens with one attached hydrogen (secondary N) is 2. The molecule has 4 heterocycles. The molecule has 1 fully saturated rings. The van der Waals surface area contributed by atoms with E-state index < -0.39 is 23.8 Å². The van der Waals surface area contributed by atoms with Gasteiger partial charge in [0.15, 0.2) is 11.9 Å². The summed E-state index contributed by atoms with van der Waals surface area (Å²) in [5.74, 6) is -0.862. The van der Waals surface area contributed by atoms with Gasteiger partial charge < -0.3 is 19.2 Å². The van der Waals surface area contributed by atoms with Crippen LogP contribution in [-0.4, -0.2) is 48.8 Å². The van der Waals surface area contributed by atoms with E-state index in [0.717, 1.165) is 44.6 Å². The average Bonchev–Trinajstić information content (AvgIpc) is 3.70. The highest BCUT2D eigenvalue weighted by Gasteiger charge is 2.30. The largest absolute Gasteiger partial charge is 0.438 e. The van der Waals surface area contributed by atoms with Gasteiger partial charge in [-0.15, -0.1) is 0 Å². The molecule has 7 rings (SSSR count). The van der Waals surface area contributed by atoms with Gasteiger partial charge in [0.05, 0.1) is 11.7 Å². The van der Waals surface area contributed by atoms with Gasteiger partial charge >= 0.3 is 6.09 Å². The number of hydrogen-bond acceptors (Lipinski definition) is 5. The van der Waals surface area contributed by atoms with Crippen molar-refractivity contribution in [1.82, 2.24) is 29.6 Å². The van der Waals surface area contributed by atoms with Crippen LogP contribution in [-0.2, 0) is 17.7 Å². The van der Waals surface area contributed by atoms with Gasteiger partial charge in [0.2, 0.25) is 0 Å². The van der Waals surface area contributed by atoms with Crippen molar-refractivity contribution in [3.05, 3.63) is 129 Å². The van der Waals surface area contributed by atoms with Gasteiger partial charge in [-0.05, 0) is 78.1 Å². The van der Waals surface area contributed by atoms with E-state index in [9.17, 15) is 18.4 Å². The van der Waals surface area contributed by atoms with Crippen LogP contribution >= 0.6 is 0 Å². The standard InChI is InChI=1S/C35H32F2N6O3/c1-21-12-22(13-26-19-39-41-32(21)26)16-31(33-38-8-11-43(33)20-23-14-27(36)18-28(37)15-23)46-35(45)42-9-6-24(7-10-42)29-17-25-4-2-3-5-30(25)40-34(29)44/h2-5,8,11-15,17-19,24,31H,6-7,9-10,16,20H2,1H3,(H,39,41)(H,40,44)/t31-/m1/s1. The number of likely N-dealkylation sites (tertiary alicyclic amines) is 1. The number of piperidine rings is 1. The number of aromatic amines is 2. The molecule has 0 saturated carbocycles. The minimum Gasteiger partial charge on any atom is -0.438 e. The number of para-hydroxylation sites is 1. The molecule has 0 radical (unpaired) electrons. The van der Waals surface area contributed by atoms with Crippen molar-refractivity contribution < 1.29 is 18.3 Å². The number of aromatic nitrogens is 5. The lowest BCUT2D eigenvalue weighted by molar-refractivity contribution is 0.0507. The lowest BCUT2D eigenvalue weighted by Crippen LogP contribution is -2.40. The van der Waals surface area contributed by atoms with Crippen LogP contribution < -0.4 is 5.56 Å². The molecule has 1 saturated heterocycles. The Morgan fingerprint density at radius 2 is 1.80 bits per heavy atom. The van der Waals surface area contributed by atoms with Gasteiger partial charge in [0, 0.05) is 61.0 Å². The molecule has 0 unspecified atom stereocenters. The van der Waals surface area contributed by atoms with E-state index in [-0.39, 0.29) is 18.0 Å². The SMILES string of the molecule is Cc1cc(C[C@@H](OC(=O)N2CCC(c3cc4ccccc4[nH]c3=O)CC2)c2nccn2Cc2cc(F)cc(F)c2)cc2cn[nH]c12. The maximum Gasteiger partial charge on any atom is 0.410 e. The number of halogens is 2. The number of fused-ring (bicyclic) bond motifs is 2. The number of ether oxygens (including phenoxy) is 1. The van der Waals surface area contributed by atoms with Crippen molar-refractivity contribution in [3.63, 3.8) is 0 Å². The zero-order valence-electron chi connectivity index (χ0n) is 25.2. The van der Waals surface area contributed by atoms with E-state index in [1.54, 1.807) is 28.1 Å². The maximum atomic E-state index is 14.0. The number of H-pyrrole nitrogens is 2. The number of benzene rings is 3. The molecule has 0 spiro atoms. The summed E-state index contributed by atoms with van der Waals surface area (Å²) < 4.78 is 35.9. The van der Waals surface area contributed by atoms with Crippen LogP contribution in [0.4, 0.5) is 13.6 Å². The molecule has 3 aromatic carbocycles. The predicted octanol–water partition coefficient (Wildman–Crippen LogP) is 6.54. The number of carbonyl (C=O) groups is 1. The molecule has 6 aromatic rings. The van der Waals surface area contributed by atoms with Crippen molar-refractivity contribution in [2.45, 2.75) is 44.8 Å². The maximum absolute atomic E-state index is 14.0. The van der Waals surface area contributed by atoms with Crippen LogP contribution in [0.3, 0.4) is 0 Å². The molecule has 0 aliphatic carbocycles. The molecule has 234 valence electrons. The van der Waals surface area contributed by atoms with Crippen molar-refractivity contribution in [3.8, 4) is 0 Å². The zero-order valence-corrected chi connectivity index (χ0v) is 25.2. The third-order valence-corrected chi connectivity index (χ3v) is 8.76. The molecule has 11 heteroatoms. The lowest BCUT2D eigenvalue weighted by atomic mass is 9.89. The Kier molecular flexibility index (Phi) is 7.81. The van der Waals surface area contributed by atoms with Gasteiger partial charge in [-0.2, -0.15) is 5.10 Å². The second-order valence-electron chi connectivity index (χ2n) is 11.9. The number of amides is 1. The third kappa shape index (κ3) is 6.00. The molecule has 1 aliphatic rings. The van der Waals surface area contributed by atoms with E-state index in [1.165, 1.54) is 12.1 Å². The topological polar surface area (TPSA) is 109 Å². The molecule has 1 amide bonds. The summed E-state index contributed by atoms with van der Waals surface area (Å²) in [6, 6.07) is 17.0. The predicted molar refractivity (Wildman–Crippen MR) is 170 cm³/mol. The number of nitrogens with zero attached hydrogens (tertiary/aromatic N) is 4. The lowest BCUT2D eigenvalue weighted by Gasteiger charge is -2.32. The van der Waals surface area contributed by atoms with E-state index in [0.29, 0.717) is 43.7 Å². The number of imidazole rings is 1. The van der Waals surface area contributed by atoms with E-state index in [4.69, 9.17) is 4.74 Å². The van der Waals surface area contributed by atoms with Gasteiger partial charge in [0.1, 0.15) is 11.6 Å². The van der Waals surface area contributed by atoms with Crippen molar-refractivity contribution in [2.24, 2.45) is 0 Å². The average molecular weight is 623 g/mol. The molecule has 2 N–H and O–H groups in total. The minimum absolute atomic E-state index is 0.0171. The van der Waals surface area contributed by atoms with Crippen LogP contribution in [0.5, 0.6) is 0 Å². The third-order valence-electron chi connectivity index (χ3n) is 8.76. The summed E-state index contributed by atoms with van der Waals surface area (Å²) in [4.78, 5) is 35.7. The quantitative estimate of drug-likeness (QED) is 0.210. The molecule has 1 aliphatic heterocycles. The fourth-order valence-corrected chi connectivity index (χ4v) is 6.51. The van der Waals surface area contributed by atoms with Gasteiger partial charge in [-0.3, -0.25) is 9.89 Å². The van der Waals surface area contributed by atoms with E-state index in [2.05, 4.69) is 20.2 Å². The Balaban J connectivity index is 1.12. The summed E-state index contributed by atoms with van der Waals surface area (Å²) in [7, 11) is 0. The van der Waals surface area contributed by atoms with E-state index >= 15 is 0 Å². The number of rotatable bonds is 7. The summed E-state index contributed by atoms with van der Waals surface area (Å²) in [5, 5.41) is 9.06. The number of carbonyl (C=O) groups excluding carboxylic acids is 1. The zero-order chi connectivity index (χ0) is 31.8. The highest BCUT2D eigenvalue weighted by molar-refractivity contribution is 5.82. The Hall–Kier alpha value is -5.32. The van der Waals surface area contributed by atoms with Crippen LogP contribution in [0.25, 0.3) is 21.8 Å². The number of aryl methyl sites for hydroxylation is 1. The molecular weight excluding hydrogens is 590 g/mol. The van der Waals surface area contributed by atoms with Crippen molar-refractivity contribution >= 4 is 27.9 Å². The second-order valence-corrected chi connectivity index (χ2v) is 11.9. The van der Waals surface area contributed by atoms with Crippen LogP contribution in [0.15, 0.2) is 84.0 Å². The monoisotopic (exact) mass is 622 g/mol. The van der Waals surface area contributed by atoms with Gasteiger partial charge in [0.25, 0.3) is 5.56 Å². The molecule has 46 heavy (non-hydrogen) atoms. The second kappa shape index (κ2) is 12.2. The van der Waals surface area contributed by atoms with Crippen LogP contribution in [0.2, 0.25) is 0 Å². The minimum atomic E-state index is -0.786. The fourth-order valence-electron chi connectivity index (χ4n) is 6.51. The highest BCUT2D eigenvalue weighted by Crippen LogP contribution is 2.30. The molecule has 3 aromatic heterocycles. The van der Waals surface area contributed by atoms with Crippen LogP contribution in [0, 0.1) is 18.6 Å².